The minimum Gasteiger partial charge on any atom is -0.489 e. The molecule has 0 fully saturated rings. The van der Waals surface area contributed by atoms with Crippen molar-refractivity contribution in [3.8, 4) is 11.5 Å². The first-order valence-electron chi connectivity index (χ1n) is 8.45. The molecule has 0 unspecified atom stereocenters. The normalized spacial score (nSPS) is 9.93. The first-order valence-corrected chi connectivity index (χ1v) is 8.45. The summed E-state index contributed by atoms with van der Waals surface area (Å²) < 4.78 is 11.6. The molecule has 27 heavy (non-hydrogen) atoms. The Bertz CT molecular complexity index is 950. The third-order valence-electron chi connectivity index (χ3n) is 3.88. The van der Waals surface area contributed by atoms with E-state index >= 15 is 0 Å². The summed E-state index contributed by atoms with van der Waals surface area (Å²) in [6.45, 7) is 0.712. The van der Waals surface area contributed by atoms with E-state index in [-0.39, 0.29) is 0 Å². The molecule has 0 aliphatic heterocycles. The van der Waals surface area contributed by atoms with Crippen molar-refractivity contribution >= 4 is 12.0 Å². The van der Waals surface area contributed by atoms with E-state index in [2.05, 4.69) is 4.79 Å². The molecule has 0 saturated heterocycles. The van der Waals surface area contributed by atoms with E-state index in [1.807, 2.05) is 60.7 Å². The van der Waals surface area contributed by atoms with Gasteiger partial charge in [-0.05, 0) is 23.3 Å². The van der Waals surface area contributed by atoms with Crippen LogP contribution in [-0.2, 0) is 13.2 Å². The molecule has 0 aliphatic carbocycles. The molecule has 5 heteroatoms. The molecular weight excluding hydrogens is 340 g/mol. The zero-order chi connectivity index (χ0) is 18.9. The van der Waals surface area contributed by atoms with Crippen molar-refractivity contribution in [3.63, 3.8) is 0 Å². The number of ether oxygens (including phenoxy) is 2. The van der Waals surface area contributed by atoms with Gasteiger partial charge in [-0.3, -0.25) is 4.79 Å². The van der Waals surface area contributed by atoms with Gasteiger partial charge in [0.1, 0.15) is 24.7 Å². The van der Waals surface area contributed by atoms with Crippen LogP contribution in [0.3, 0.4) is 0 Å². The highest BCUT2D eigenvalue weighted by molar-refractivity contribution is 6.34. The Morgan fingerprint density at radius 3 is 2.04 bits per heavy atom. The van der Waals surface area contributed by atoms with Crippen molar-refractivity contribution < 1.29 is 19.1 Å². The molecule has 0 spiro atoms. The Kier molecular flexibility index (Phi) is 6.13. The number of ketones is 1. The number of hydrogen-bond donors (Lipinski definition) is 0. The Morgan fingerprint density at radius 1 is 0.852 bits per heavy atom. The highest BCUT2D eigenvalue weighted by Gasteiger charge is 2.15. The summed E-state index contributed by atoms with van der Waals surface area (Å²) in [7, 11) is 0. The molecule has 3 aromatic rings. The molecule has 0 radical (unpaired) electrons. The Labute approximate surface area is 157 Å². The number of benzene rings is 3. The number of carbonyl (C=O) groups excluding carboxylic acids is 1. The zero-order valence-corrected chi connectivity index (χ0v) is 14.6. The Balaban J connectivity index is 1.79. The van der Waals surface area contributed by atoms with E-state index < -0.39 is 5.78 Å². The predicted molar refractivity (Wildman–Crippen MR) is 102 cm³/mol. The number of rotatable bonds is 8. The number of nitrogens with zero attached hydrogens (tertiary/aromatic N) is 2. The maximum Gasteiger partial charge on any atom is 0.328 e. The Hall–Kier alpha value is -3.69. The van der Waals surface area contributed by atoms with Crippen LogP contribution in [0, 0.1) is 0 Å². The van der Waals surface area contributed by atoms with Crippen LogP contribution in [0.15, 0.2) is 78.9 Å². The van der Waals surface area contributed by atoms with Crippen LogP contribution >= 0.6 is 0 Å². The monoisotopic (exact) mass is 358 g/mol. The maximum atomic E-state index is 12.1. The molecule has 0 saturated carbocycles. The summed E-state index contributed by atoms with van der Waals surface area (Å²) >= 11 is 0. The first-order chi connectivity index (χ1) is 13.3. The second-order valence-electron chi connectivity index (χ2n) is 5.82. The van der Waals surface area contributed by atoms with Gasteiger partial charge in [-0.1, -0.05) is 60.7 Å². The van der Waals surface area contributed by atoms with Gasteiger partial charge in [-0.15, -0.1) is 0 Å². The summed E-state index contributed by atoms with van der Waals surface area (Å²) in [5, 5.41) is 0. The fourth-order valence-corrected chi connectivity index (χ4v) is 2.51. The van der Waals surface area contributed by atoms with Crippen LogP contribution < -0.4 is 9.47 Å². The molecule has 0 amide bonds. The lowest BCUT2D eigenvalue weighted by Gasteiger charge is -2.12. The SMILES string of the molecule is [N-]=[N+]=CC(=O)c1ccc(OCc2ccccc2)cc1OCc1ccccc1. The third-order valence-corrected chi connectivity index (χ3v) is 3.88. The molecule has 0 aliphatic rings. The quantitative estimate of drug-likeness (QED) is 0.260. The third kappa shape index (κ3) is 5.14. The van der Waals surface area contributed by atoms with E-state index in [0.29, 0.717) is 30.3 Å². The molecule has 0 bridgehead atoms. The van der Waals surface area contributed by atoms with Gasteiger partial charge in [0, 0.05) is 6.07 Å². The zero-order valence-electron chi connectivity index (χ0n) is 14.6. The van der Waals surface area contributed by atoms with Crippen molar-refractivity contribution in [1.29, 1.82) is 0 Å². The lowest BCUT2D eigenvalue weighted by atomic mass is 10.1. The highest BCUT2D eigenvalue weighted by atomic mass is 16.5. The average Bonchev–Trinajstić information content (AvgIpc) is 2.72. The summed E-state index contributed by atoms with van der Waals surface area (Å²) in [6, 6.07) is 24.4. The number of Topliss-reactive ketones (excluding diaryl/α,β-unsaturated/α-hetero) is 1. The summed E-state index contributed by atoms with van der Waals surface area (Å²) in [5.74, 6) is 0.504. The topological polar surface area (TPSA) is 71.9 Å². The van der Waals surface area contributed by atoms with E-state index in [4.69, 9.17) is 15.0 Å². The first kappa shape index (κ1) is 18.1. The van der Waals surface area contributed by atoms with Gasteiger partial charge in [-0.2, -0.15) is 4.79 Å². The van der Waals surface area contributed by atoms with E-state index in [1.54, 1.807) is 18.2 Å². The average molecular weight is 358 g/mol. The van der Waals surface area contributed by atoms with E-state index in [0.717, 1.165) is 17.3 Å². The molecule has 3 rings (SSSR count). The van der Waals surface area contributed by atoms with Crippen LogP contribution in [0.1, 0.15) is 21.5 Å². The van der Waals surface area contributed by atoms with Gasteiger partial charge < -0.3 is 15.0 Å². The van der Waals surface area contributed by atoms with Gasteiger partial charge >= 0.3 is 6.21 Å². The molecule has 3 aromatic carbocycles. The largest absolute Gasteiger partial charge is 0.489 e. The lowest BCUT2D eigenvalue weighted by molar-refractivity contribution is 0.00230. The van der Waals surface area contributed by atoms with Gasteiger partial charge in [0.05, 0.1) is 5.56 Å². The van der Waals surface area contributed by atoms with Crippen molar-refractivity contribution in [2.24, 2.45) is 0 Å². The molecule has 0 N–H and O–H groups in total. The van der Waals surface area contributed by atoms with E-state index in [9.17, 15) is 4.79 Å². The van der Waals surface area contributed by atoms with Gasteiger partial charge in [0.25, 0.3) is 5.78 Å². The van der Waals surface area contributed by atoms with Crippen molar-refractivity contribution in [3.05, 3.63) is 101 Å². The smallest absolute Gasteiger partial charge is 0.328 e. The maximum absolute atomic E-state index is 12.1. The van der Waals surface area contributed by atoms with Gasteiger partial charge in [0.2, 0.25) is 0 Å². The number of carbonyl (C=O) groups is 1. The minimum atomic E-state index is -0.449. The van der Waals surface area contributed by atoms with Crippen LogP contribution in [0.25, 0.3) is 5.53 Å². The molecule has 134 valence electrons. The van der Waals surface area contributed by atoms with Gasteiger partial charge in [-0.25, -0.2) is 0 Å². The molecule has 0 atom stereocenters. The summed E-state index contributed by atoms with van der Waals surface area (Å²) in [5.41, 5.74) is 11.0. The van der Waals surface area contributed by atoms with Crippen LogP contribution in [0.2, 0.25) is 0 Å². The standard InChI is InChI=1S/C22H18N2O3/c23-24-14-21(25)20-12-11-19(26-15-17-7-3-1-4-8-17)13-22(20)27-16-18-9-5-2-6-10-18/h1-14H,15-16H2. The van der Waals surface area contributed by atoms with Crippen molar-refractivity contribution in [2.45, 2.75) is 13.2 Å². The summed E-state index contributed by atoms with van der Waals surface area (Å²) in [6.07, 6.45) is 0.842. The van der Waals surface area contributed by atoms with Crippen molar-refractivity contribution in [2.75, 3.05) is 0 Å². The van der Waals surface area contributed by atoms with Crippen LogP contribution in [0.5, 0.6) is 11.5 Å². The second-order valence-corrected chi connectivity index (χ2v) is 5.82. The molecule has 0 heterocycles. The number of hydrogen-bond acceptors (Lipinski definition) is 3. The fraction of sp³-hybridized carbons (Fsp3) is 0.0909. The van der Waals surface area contributed by atoms with E-state index in [1.165, 1.54) is 0 Å². The molecular formula is C22H18N2O3. The minimum absolute atomic E-state index is 0.302. The van der Waals surface area contributed by atoms with Crippen molar-refractivity contribution in [1.82, 2.24) is 0 Å². The Morgan fingerprint density at radius 2 is 1.44 bits per heavy atom. The summed E-state index contributed by atoms with van der Waals surface area (Å²) in [4.78, 5) is 14.9. The van der Waals surface area contributed by atoms with Crippen LogP contribution in [-0.4, -0.2) is 16.8 Å². The second kappa shape index (κ2) is 9.13. The highest BCUT2D eigenvalue weighted by Crippen LogP contribution is 2.26. The van der Waals surface area contributed by atoms with Crippen LogP contribution in [0.4, 0.5) is 0 Å². The lowest BCUT2D eigenvalue weighted by Crippen LogP contribution is -2.06. The molecule has 0 aromatic heterocycles. The predicted octanol–water partition coefficient (Wildman–Crippen LogP) is 4.33. The fourth-order valence-electron chi connectivity index (χ4n) is 2.51. The van der Waals surface area contributed by atoms with Gasteiger partial charge in [0.15, 0.2) is 0 Å². The molecule has 5 nitrogen and oxygen atoms in total.